The van der Waals surface area contributed by atoms with Crippen LogP contribution in [0.4, 0.5) is 0 Å². The number of aliphatic imine (C=N–C) groups is 1. The van der Waals surface area contributed by atoms with Gasteiger partial charge in [-0.3, -0.25) is 4.99 Å². The standard InChI is InChI=1S/C16H16N2O2.ClH/c1-19-14-6-5-13(11-15(14)20-2)16(7-3-9-17)8-4-10-18-12-16;/h3-8,10-11H,12H2,1-2H3;1H. The van der Waals surface area contributed by atoms with E-state index in [2.05, 4.69) is 4.99 Å². The van der Waals surface area contributed by atoms with Crippen LogP contribution in [-0.4, -0.2) is 27.0 Å². The molecule has 4 nitrogen and oxygen atoms in total. The summed E-state index contributed by atoms with van der Waals surface area (Å²) < 4.78 is 10.6. The molecule has 1 aliphatic heterocycles. The van der Waals surface area contributed by atoms with E-state index in [9.17, 15) is 0 Å². The molecule has 0 saturated carbocycles. The van der Waals surface area contributed by atoms with Crippen LogP contribution in [0.3, 0.4) is 0 Å². The fraction of sp³-hybridized carbons (Fsp3) is 0.250. The van der Waals surface area contributed by atoms with Gasteiger partial charge in [0.05, 0.1) is 32.2 Å². The van der Waals surface area contributed by atoms with Crippen molar-refractivity contribution in [2.45, 2.75) is 5.41 Å². The summed E-state index contributed by atoms with van der Waals surface area (Å²) >= 11 is 0. The van der Waals surface area contributed by atoms with Crippen LogP contribution in [0.5, 0.6) is 11.5 Å². The summed E-state index contributed by atoms with van der Waals surface area (Å²) in [5.41, 5.74) is 0.596. The first-order valence-electron chi connectivity index (χ1n) is 6.23. The topological polar surface area (TPSA) is 54.6 Å². The first-order valence-corrected chi connectivity index (χ1v) is 6.23. The number of nitriles is 1. The Balaban J connectivity index is 0.00000220. The van der Waals surface area contributed by atoms with E-state index in [1.165, 1.54) is 6.08 Å². The third-order valence-corrected chi connectivity index (χ3v) is 3.31. The average molecular weight is 305 g/mol. The second kappa shape index (κ2) is 7.51. The molecule has 1 atom stereocenters. The van der Waals surface area contributed by atoms with Crippen LogP contribution in [-0.2, 0) is 5.41 Å². The Labute approximate surface area is 130 Å². The van der Waals surface area contributed by atoms with E-state index in [0.29, 0.717) is 18.0 Å². The maximum atomic E-state index is 8.80. The summed E-state index contributed by atoms with van der Waals surface area (Å²) in [6, 6.07) is 7.79. The Morgan fingerprint density at radius 1 is 1.29 bits per heavy atom. The molecule has 110 valence electrons. The molecule has 5 heteroatoms. The van der Waals surface area contributed by atoms with Crippen molar-refractivity contribution in [2.24, 2.45) is 4.99 Å². The summed E-state index contributed by atoms with van der Waals surface area (Å²) in [5, 5.41) is 8.80. The van der Waals surface area contributed by atoms with E-state index in [1.807, 2.05) is 42.5 Å². The normalized spacial score (nSPS) is 19.9. The molecule has 0 aliphatic carbocycles. The van der Waals surface area contributed by atoms with Gasteiger partial charge in [0, 0.05) is 12.3 Å². The second-order valence-electron chi connectivity index (χ2n) is 4.42. The van der Waals surface area contributed by atoms with Crippen molar-refractivity contribution in [1.29, 1.82) is 5.26 Å². The minimum absolute atomic E-state index is 0. The SMILES string of the molecule is COc1ccc(C2(C=CC#N)C=CC=NC2)cc1OC.Cl. The van der Waals surface area contributed by atoms with Crippen molar-refractivity contribution in [3.63, 3.8) is 0 Å². The van der Waals surface area contributed by atoms with Crippen molar-refractivity contribution in [3.05, 3.63) is 48.1 Å². The zero-order chi connectivity index (χ0) is 14.4. The van der Waals surface area contributed by atoms with Crippen molar-refractivity contribution in [1.82, 2.24) is 0 Å². The van der Waals surface area contributed by atoms with Gasteiger partial charge in [0.2, 0.25) is 0 Å². The van der Waals surface area contributed by atoms with Crippen molar-refractivity contribution >= 4 is 18.6 Å². The Kier molecular flexibility index (Phi) is 6.01. The fourth-order valence-electron chi connectivity index (χ4n) is 2.24. The minimum Gasteiger partial charge on any atom is -0.493 e. The van der Waals surface area contributed by atoms with Crippen molar-refractivity contribution < 1.29 is 9.47 Å². The van der Waals surface area contributed by atoms with Gasteiger partial charge < -0.3 is 9.47 Å². The number of methoxy groups -OCH3 is 2. The summed E-state index contributed by atoms with van der Waals surface area (Å²) in [7, 11) is 3.21. The van der Waals surface area contributed by atoms with Crippen molar-refractivity contribution in [3.8, 4) is 17.6 Å². The van der Waals surface area contributed by atoms with E-state index < -0.39 is 5.41 Å². The van der Waals surface area contributed by atoms with Crippen LogP contribution in [0, 0.1) is 11.3 Å². The minimum atomic E-state index is -0.413. The van der Waals surface area contributed by atoms with Gasteiger partial charge in [0.25, 0.3) is 0 Å². The zero-order valence-corrected chi connectivity index (χ0v) is 12.8. The number of allylic oxidation sites excluding steroid dienone is 2. The molecule has 21 heavy (non-hydrogen) atoms. The maximum absolute atomic E-state index is 8.80. The molecule has 0 radical (unpaired) electrons. The Morgan fingerprint density at radius 3 is 2.62 bits per heavy atom. The first kappa shape index (κ1) is 16.8. The monoisotopic (exact) mass is 304 g/mol. The number of rotatable bonds is 4. The highest BCUT2D eigenvalue weighted by molar-refractivity contribution is 5.85. The lowest BCUT2D eigenvalue weighted by Crippen LogP contribution is -2.26. The highest BCUT2D eigenvalue weighted by atomic mass is 35.5. The molecule has 0 fully saturated rings. The molecular formula is C16H17ClN2O2. The third-order valence-electron chi connectivity index (χ3n) is 3.31. The molecule has 1 aromatic carbocycles. The molecule has 1 aromatic rings. The molecular weight excluding hydrogens is 288 g/mol. The van der Waals surface area contributed by atoms with Gasteiger partial charge in [0.15, 0.2) is 11.5 Å². The van der Waals surface area contributed by atoms with Gasteiger partial charge in [0.1, 0.15) is 0 Å². The van der Waals surface area contributed by atoms with Gasteiger partial charge in [-0.25, -0.2) is 0 Å². The Morgan fingerprint density at radius 2 is 2.05 bits per heavy atom. The summed E-state index contributed by atoms with van der Waals surface area (Å²) in [6.07, 6.45) is 9.04. The number of hydrogen-bond acceptors (Lipinski definition) is 4. The van der Waals surface area contributed by atoms with E-state index in [1.54, 1.807) is 20.4 Å². The van der Waals surface area contributed by atoms with E-state index in [4.69, 9.17) is 14.7 Å². The van der Waals surface area contributed by atoms with Crippen LogP contribution in [0.15, 0.2) is 47.5 Å². The van der Waals surface area contributed by atoms with Gasteiger partial charge in [-0.2, -0.15) is 5.26 Å². The first-order chi connectivity index (χ1) is 9.75. The van der Waals surface area contributed by atoms with Crippen LogP contribution < -0.4 is 9.47 Å². The molecule has 1 unspecified atom stereocenters. The number of nitrogens with zero attached hydrogens (tertiary/aromatic N) is 2. The highest BCUT2D eigenvalue weighted by Crippen LogP contribution is 2.36. The number of ether oxygens (including phenoxy) is 2. The van der Waals surface area contributed by atoms with Crippen LogP contribution >= 0.6 is 12.4 Å². The van der Waals surface area contributed by atoms with Gasteiger partial charge in [-0.05, 0) is 23.8 Å². The summed E-state index contributed by atoms with van der Waals surface area (Å²) in [5.74, 6) is 1.34. The van der Waals surface area contributed by atoms with E-state index in [-0.39, 0.29) is 12.4 Å². The van der Waals surface area contributed by atoms with Crippen molar-refractivity contribution in [2.75, 3.05) is 20.8 Å². The molecule has 0 amide bonds. The molecule has 1 aliphatic rings. The third kappa shape index (κ3) is 3.45. The Hall–Kier alpha value is -2.25. The van der Waals surface area contributed by atoms with Gasteiger partial charge in [-0.1, -0.05) is 18.2 Å². The predicted molar refractivity (Wildman–Crippen MR) is 85.7 cm³/mol. The number of hydrogen-bond donors (Lipinski definition) is 0. The molecule has 1 heterocycles. The maximum Gasteiger partial charge on any atom is 0.161 e. The second-order valence-corrected chi connectivity index (χ2v) is 4.42. The van der Waals surface area contributed by atoms with Gasteiger partial charge in [-0.15, -0.1) is 12.4 Å². The van der Waals surface area contributed by atoms with Crippen LogP contribution in [0.25, 0.3) is 0 Å². The highest BCUT2D eigenvalue weighted by Gasteiger charge is 2.28. The smallest absolute Gasteiger partial charge is 0.161 e. The number of halogens is 1. The molecule has 2 rings (SSSR count). The summed E-state index contributed by atoms with van der Waals surface area (Å²) in [4.78, 5) is 4.31. The molecule has 0 N–H and O–H groups in total. The van der Waals surface area contributed by atoms with E-state index >= 15 is 0 Å². The molecule has 0 spiro atoms. The van der Waals surface area contributed by atoms with E-state index in [0.717, 1.165) is 5.56 Å². The molecule has 0 bridgehead atoms. The fourth-order valence-corrected chi connectivity index (χ4v) is 2.24. The van der Waals surface area contributed by atoms with Crippen LogP contribution in [0.1, 0.15) is 5.56 Å². The molecule has 0 aromatic heterocycles. The quantitative estimate of drug-likeness (QED) is 0.803. The predicted octanol–water partition coefficient (Wildman–Crippen LogP) is 3.08. The van der Waals surface area contributed by atoms with Gasteiger partial charge >= 0.3 is 0 Å². The number of benzene rings is 1. The largest absolute Gasteiger partial charge is 0.493 e. The lowest BCUT2D eigenvalue weighted by molar-refractivity contribution is 0.354. The lowest BCUT2D eigenvalue weighted by atomic mass is 9.78. The summed E-state index contributed by atoms with van der Waals surface area (Å²) in [6.45, 7) is 0.567. The molecule has 0 saturated heterocycles. The Bertz CT molecular complexity index is 617. The van der Waals surface area contributed by atoms with Crippen LogP contribution in [0.2, 0.25) is 0 Å². The number of dihydropyridines is 1. The zero-order valence-electron chi connectivity index (χ0n) is 11.9. The average Bonchev–Trinajstić information content (AvgIpc) is 2.53. The lowest BCUT2D eigenvalue weighted by Gasteiger charge is -2.28.